The normalized spacial score (nSPS) is 36.9. The highest BCUT2D eigenvalue weighted by atomic mass is 16.7. The second-order valence-corrected chi connectivity index (χ2v) is 5.47. The van der Waals surface area contributed by atoms with Gasteiger partial charge in [-0.05, 0) is 30.5 Å². The summed E-state index contributed by atoms with van der Waals surface area (Å²) in [6.07, 6.45) is 3.92. The lowest BCUT2D eigenvalue weighted by atomic mass is 9.83. The summed E-state index contributed by atoms with van der Waals surface area (Å²) >= 11 is 0. The van der Waals surface area contributed by atoms with Crippen LogP contribution in [-0.2, 0) is 10.3 Å². The van der Waals surface area contributed by atoms with E-state index in [4.69, 9.17) is 14.2 Å². The maximum atomic E-state index is 10.9. The number of hydrogen-bond donors (Lipinski definition) is 1. The van der Waals surface area contributed by atoms with E-state index in [9.17, 15) is 5.11 Å². The quantitative estimate of drug-likeness (QED) is 0.825. The molecule has 1 aromatic rings. The Balaban J connectivity index is 1.69. The van der Waals surface area contributed by atoms with E-state index < -0.39 is 5.60 Å². The van der Waals surface area contributed by atoms with E-state index in [1.54, 1.807) is 0 Å². The number of rotatable bonds is 1. The molecular formula is C14H16O4. The summed E-state index contributed by atoms with van der Waals surface area (Å²) in [5, 5.41) is 10.9. The molecule has 0 aromatic heterocycles. The van der Waals surface area contributed by atoms with Crippen LogP contribution in [0.2, 0.25) is 0 Å². The van der Waals surface area contributed by atoms with Crippen molar-refractivity contribution in [2.24, 2.45) is 0 Å². The Morgan fingerprint density at radius 1 is 1.06 bits per heavy atom. The van der Waals surface area contributed by atoms with Gasteiger partial charge < -0.3 is 19.3 Å². The fourth-order valence-electron chi connectivity index (χ4n) is 3.34. The van der Waals surface area contributed by atoms with E-state index >= 15 is 0 Å². The van der Waals surface area contributed by atoms with Gasteiger partial charge in [-0.3, -0.25) is 0 Å². The predicted octanol–water partition coefficient (Wildman–Crippen LogP) is 1.94. The minimum absolute atomic E-state index is 0.208. The van der Waals surface area contributed by atoms with Gasteiger partial charge in [0.15, 0.2) is 11.5 Å². The molecule has 2 saturated heterocycles. The molecule has 4 nitrogen and oxygen atoms in total. The highest BCUT2D eigenvalue weighted by molar-refractivity contribution is 5.46. The minimum Gasteiger partial charge on any atom is -0.454 e. The summed E-state index contributed by atoms with van der Waals surface area (Å²) in [5.74, 6) is 1.50. The van der Waals surface area contributed by atoms with Crippen molar-refractivity contribution in [3.63, 3.8) is 0 Å². The number of hydrogen-bond acceptors (Lipinski definition) is 4. The number of benzene rings is 1. The van der Waals surface area contributed by atoms with Gasteiger partial charge in [0.1, 0.15) is 0 Å². The van der Waals surface area contributed by atoms with Crippen molar-refractivity contribution in [2.75, 3.05) is 6.79 Å². The SMILES string of the molecule is OC1(c2ccc3c(c2)OCO3)CC2CCC(C1)O2. The van der Waals surface area contributed by atoms with Gasteiger partial charge in [0.2, 0.25) is 6.79 Å². The number of fused-ring (bicyclic) bond motifs is 3. The molecular weight excluding hydrogens is 232 g/mol. The van der Waals surface area contributed by atoms with Gasteiger partial charge in [-0.25, -0.2) is 0 Å². The lowest BCUT2D eigenvalue weighted by Crippen LogP contribution is -2.38. The Morgan fingerprint density at radius 3 is 2.56 bits per heavy atom. The highest BCUT2D eigenvalue weighted by Crippen LogP contribution is 2.46. The maximum Gasteiger partial charge on any atom is 0.231 e. The van der Waals surface area contributed by atoms with Crippen LogP contribution in [0.4, 0.5) is 0 Å². The molecule has 3 aliphatic heterocycles. The first-order valence-corrected chi connectivity index (χ1v) is 6.51. The fraction of sp³-hybridized carbons (Fsp3) is 0.571. The average molecular weight is 248 g/mol. The Hall–Kier alpha value is -1.26. The molecule has 0 spiro atoms. The van der Waals surface area contributed by atoms with Crippen LogP contribution in [0.1, 0.15) is 31.2 Å². The van der Waals surface area contributed by atoms with Crippen LogP contribution in [0.15, 0.2) is 18.2 Å². The second-order valence-electron chi connectivity index (χ2n) is 5.47. The van der Waals surface area contributed by atoms with Crippen LogP contribution in [0.5, 0.6) is 11.5 Å². The smallest absolute Gasteiger partial charge is 0.231 e. The molecule has 0 radical (unpaired) electrons. The van der Waals surface area contributed by atoms with Gasteiger partial charge in [0.25, 0.3) is 0 Å². The first-order chi connectivity index (χ1) is 8.73. The first-order valence-electron chi connectivity index (χ1n) is 6.51. The van der Waals surface area contributed by atoms with Gasteiger partial charge in [0.05, 0.1) is 17.8 Å². The molecule has 1 aromatic carbocycles. The standard InChI is InChI=1S/C14H16O4/c15-14(6-10-2-3-11(7-14)18-10)9-1-4-12-13(5-9)17-8-16-12/h1,4-5,10-11,15H,2-3,6-8H2. The molecule has 96 valence electrons. The fourth-order valence-corrected chi connectivity index (χ4v) is 3.34. The topological polar surface area (TPSA) is 47.9 Å². The van der Waals surface area contributed by atoms with E-state index in [0.29, 0.717) is 12.8 Å². The molecule has 18 heavy (non-hydrogen) atoms. The van der Waals surface area contributed by atoms with Crippen LogP contribution in [0, 0.1) is 0 Å². The monoisotopic (exact) mass is 248 g/mol. The molecule has 4 heteroatoms. The van der Waals surface area contributed by atoms with Crippen LogP contribution < -0.4 is 9.47 Å². The molecule has 0 amide bonds. The van der Waals surface area contributed by atoms with Crippen LogP contribution in [-0.4, -0.2) is 24.1 Å². The molecule has 2 atom stereocenters. The first kappa shape index (κ1) is 10.6. The molecule has 2 unspecified atom stereocenters. The van der Waals surface area contributed by atoms with E-state index in [0.717, 1.165) is 29.9 Å². The highest BCUT2D eigenvalue weighted by Gasteiger charge is 2.45. The van der Waals surface area contributed by atoms with Gasteiger partial charge in [-0.15, -0.1) is 0 Å². The predicted molar refractivity (Wildman–Crippen MR) is 63.6 cm³/mol. The van der Waals surface area contributed by atoms with Crippen molar-refractivity contribution in [3.05, 3.63) is 23.8 Å². The van der Waals surface area contributed by atoms with Gasteiger partial charge in [-0.1, -0.05) is 6.07 Å². The Kier molecular flexibility index (Phi) is 2.14. The third kappa shape index (κ3) is 1.52. The van der Waals surface area contributed by atoms with Crippen molar-refractivity contribution >= 4 is 0 Å². The van der Waals surface area contributed by atoms with Crippen molar-refractivity contribution in [1.29, 1.82) is 0 Å². The summed E-state index contributed by atoms with van der Waals surface area (Å²) in [6.45, 7) is 0.269. The van der Waals surface area contributed by atoms with Crippen molar-refractivity contribution < 1.29 is 19.3 Å². The Labute approximate surface area is 105 Å². The van der Waals surface area contributed by atoms with Gasteiger partial charge in [-0.2, -0.15) is 0 Å². The largest absolute Gasteiger partial charge is 0.454 e. The van der Waals surface area contributed by atoms with Crippen LogP contribution in [0.25, 0.3) is 0 Å². The van der Waals surface area contributed by atoms with Gasteiger partial charge >= 0.3 is 0 Å². The molecule has 1 N–H and O–H groups in total. The van der Waals surface area contributed by atoms with E-state index in [2.05, 4.69) is 0 Å². The molecule has 0 saturated carbocycles. The Bertz CT molecular complexity index is 473. The zero-order valence-electron chi connectivity index (χ0n) is 10.1. The average Bonchev–Trinajstić information content (AvgIpc) is 2.95. The lowest BCUT2D eigenvalue weighted by molar-refractivity contribution is -0.115. The summed E-state index contributed by atoms with van der Waals surface area (Å²) in [4.78, 5) is 0. The molecule has 4 rings (SSSR count). The van der Waals surface area contributed by atoms with Crippen molar-refractivity contribution in [1.82, 2.24) is 0 Å². The van der Waals surface area contributed by atoms with E-state index in [1.807, 2.05) is 18.2 Å². The van der Waals surface area contributed by atoms with Crippen LogP contribution >= 0.6 is 0 Å². The summed E-state index contributed by atoms with van der Waals surface area (Å²) in [7, 11) is 0. The van der Waals surface area contributed by atoms with Crippen molar-refractivity contribution in [3.8, 4) is 11.5 Å². The maximum absolute atomic E-state index is 10.9. The number of ether oxygens (including phenoxy) is 3. The Morgan fingerprint density at radius 2 is 1.78 bits per heavy atom. The summed E-state index contributed by atoms with van der Waals surface area (Å²) in [5.41, 5.74) is 0.150. The number of aliphatic hydroxyl groups is 1. The van der Waals surface area contributed by atoms with Gasteiger partial charge in [0, 0.05) is 12.8 Å². The third-order valence-electron chi connectivity index (χ3n) is 4.24. The van der Waals surface area contributed by atoms with Crippen LogP contribution in [0.3, 0.4) is 0 Å². The summed E-state index contributed by atoms with van der Waals surface area (Å²) < 4.78 is 16.5. The minimum atomic E-state index is -0.773. The zero-order chi connectivity index (χ0) is 12.2. The molecule has 0 aliphatic carbocycles. The molecule has 2 bridgehead atoms. The van der Waals surface area contributed by atoms with Crippen molar-refractivity contribution in [2.45, 2.75) is 43.5 Å². The van der Waals surface area contributed by atoms with E-state index in [1.165, 1.54) is 0 Å². The zero-order valence-corrected chi connectivity index (χ0v) is 10.1. The summed E-state index contributed by atoms with van der Waals surface area (Å²) in [6, 6.07) is 5.73. The third-order valence-corrected chi connectivity index (χ3v) is 4.24. The lowest BCUT2D eigenvalue weighted by Gasteiger charge is -2.36. The molecule has 3 heterocycles. The molecule has 2 fully saturated rings. The second kappa shape index (κ2) is 3.62. The van der Waals surface area contributed by atoms with E-state index in [-0.39, 0.29) is 19.0 Å². The molecule has 3 aliphatic rings.